The molecule has 162 valence electrons. The van der Waals surface area contributed by atoms with E-state index in [4.69, 9.17) is 0 Å². The molecule has 0 unspecified atom stereocenters. The molecule has 7 nitrogen and oxygen atoms in total. The number of nitrogens with one attached hydrogen (secondary N) is 2. The molecule has 1 aliphatic carbocycles. The number of piperidine rings is 1. The SMILES string of the molecule is O=C(NCCCCC1CCN(C(=O)C2CCCC2)CC1)Nc1ccc2nccn2c1. The average Bonchev–Trinajstić information content (AvgIpc) is 3.45. The summed E-state index contributed by atoms with van der Waals surface area (Å²) >= 11 is 0. The van der Waals surface area contributed by atoms with E-state index in [9.17, 15) is 9.59 Å². The molecular weight excluding hydrogens is 378 g/mol. The van der Waals surface area contributed by atoms with E-state index in [2.05, 4.69) is 20.5 Å². The molecular formula is C23H33N5O2. The molecule has 2 aliphatic rings. The molecule has 2 aromatic rings. The molecule has 1 saturated heterocycles. The van der Waals surface area contributed by atoms with Crippen LogP contribution in [-0.2, 0) is 4.79 Å². The summed E-state index contributed by atoms with van der Waals surface area (Å²) < 4.78 is 1.88. The Labute approximate surface area is 178 Å². The van der Waals surface area contributed by atoms with Crippen molar-refractivity contribution in [1.29, 1.82) is 0 Å². The molecule has 4 rings (SSSR count). The summed E-state index contributed by atoms with van der Waals surface area (Å²) in [4.78, 5) is 30.9. The number of rotatable bonds is 7. The van der Waals surface area contributed by atoms with Crippen molar-refractivity contribution in [2.75, 3.05) is 25.0 Å². The third-order valence-corrected chi connectivity index (χ3v) is 6.60. The summed E-state index contributed by atoms with van der Waals surface area (Å²) in [5, 5.41) is 5.80. The van der Waals surface area contributed by atoms with Crippen LogP contribution in [0.3, 0.4) is 0 Å². The van der Waals surface area contributed by atoms with Gasteiger partial charge in [0, 0.05) is 44.1 Å². The van der Waals surface area contributed by atoms with Gasteiger partial charge in [-0.3, -0.25) is 4.79 Å². The van der Waals surface area contributed by atoms with Gasteiger partial charge in [-0.15, -0.1) is 0 Å². The lowest BCUT2D eigenvalue weighted by Crippen LogP contribution is -2.41. The smallest absolute Gasteiger partial charge is 0.319 e. The first-order valence-corrected chi connectivity index (χ1v) is 11.5. The van der Waals surface area contributed by atoms with Gasteiger partial charge in [-0.05, 0) is 50.2 Å². The quantitative estimate of drug-likeness (QED) is 0.675. The third-order valence-electron chi connectivity index (χ3n) is 6.60. The molecule has 1 aliphatic heterocycles. The Balaban J connectivity index is 1.07. The van der Waals surface area contributed by atoms with Crippen LogP contribution in [0.2, 0.25) is 0 Å². The summed E-state index contributed by atoms with van der Waals surface area (Å²) in [5.41, 5.74) is 1.60. The van der Waals surface area contributed by atoms with Gasteiger partial charge in [-0.2, -0.15) is 0 Å². The molecule has 0 bridgehead atoms. The number of carbonyl (C=O) groups is 2. The molecule has 1 saturated carbocycles. The summed E-state index contributed by atoms with van der Waals surface area (Å²) in [6.45, 7) is 2.54. The molecule has 2 N–H and O–H groups in total. The number of anilines is 1. The van der Waals surface area contributed by atoms with Gasteiger partial charge in [0.1, 0.15) is 5.65 Å². The van der Waals surface area contributed by atoms with Gasteiger partial charge >= 0.3 is 6.03 Å². The lowest BCUT2D eigenvalue weighted by atomic mass is 9.91. The Morgan fingerprint density at radius 1 is 1.07 bits per heavy atom. The number of pyridine rings is 1. The van der Waals surface area contributed by atoms with Crippen LogP contribution in [0.1, 0.15) is 57.8 Å². The van der Waals surface area contributed by atoms with Gasteiger partial charge in [0.25, 0.3) is 0 Å². The summed E-state index contributed by atoms with van der Waals surface area (Å²) in [6, 6.07) is 3.56. The highest BCUT2D eigenvalue weighted by atomic mass is 16.2. The molecule has 7 heteroatoms. The molecule has 0 atom stereocenters. The van der Waals surface area contributed by atoms with Crippen LogP contribution in [0.5, 0.6) is 0 Å². The Morgan fingerprint density at radius 3 is 2.67 bits per heavy atom. The number of hydrogen-bond acceptors (Lipinski definition) is 3. The second kappa shape index (κ2) is 9.96. The van der Waals surface area contributed by atoms with Gasteiger partial charge in [-0.1, -0.05) is 25.7 Å². The predicted octanol–water partition coefficient (Wildman–Crippen LogP) is 4.05. The highest BCUT2D eigenvalue weighted by Gasteiger charge is 2.29. The van der Waals surface area contributed by atoms with Crippen molar-refractivity contribution in [2.24, 2.45) is 11.8 Å². The number of likely N-dealkylation sites (tertiary alicyclic amines) is 1. The number of amides is 3. The van der Waals surface area contributed by atoms with Crippen molar-refractivity contribution in [3.63, 3.8) is 0 Å². The molecule has 0 aromatic carbocycles. The minimum Gasteiger partial charge on any atom is -0.342 e. The van der Waals surface area contributed by atoms with E-state index in [1.165, 1.54) is 19.3 Å². The maximum absolute atomic E-state index is 12.5. The topological polar surface area (TPSA) is 78.7 Å². The molecule has 3 amide bonds. The number of unbranched alkanes of at least 4 members (excludes halogenated alkanes) is 1. The van der Waals surface area contributed by atoms with Crippen LogP contribution < -0.4 is 10.6 Å². The number of nitrogens with zero attached hydrogens (tertiary/aromatic N) is 3. The van der Waals surface area contributed by atoms with Crippen LogP contribution in [0.25, 0.3) is 5.65 Å². The van der Waals surface area contributed by atoms with E-state index in [1.807, 2.05) is 28.9 Å². The van der Waals surface area contributed by atoms with Crippen molar-refractivity contribution >= 4 is 23.3 Å². The number of fused-ring (bicyclic) bond motifs is 1. The van der Waals surface area contributed by atoms with Crippen LogP contribution in [0.15, 0.2) is 30.7 Å². The second-order valence-corrected chi connectivity index (χ2v) is 8.74. The largest absolute Gasteiger partial charge is 0.342 e. The van der Waals surface area contributed by atoms with Crippen LogP contribution in [0.4, 0.5) is 10.5 Å². The van der Waals surface area contributed by atoms with Crippen molar-refractivity contribution in [1.82, 2.24) is 19.6 Å². The van der Waals surface area contributed by atoms with Crippen molar-refractivity contribution in [3.05, 3.63) is 30.7 Å². The normalized spacial score (nSPS) is 18.1. The number of aromatic nitrogens is 2. The van der Waals surface area contributed by atoms with E-state index in [-0.39, 0.29) is 6.03 Å². The molecule has 2 fully saturated rings. The number of imidazole rings is 1. The third kappa shape index (κ3) is 5.32. The lowest BCUT2D eigenvalue weighted by molar-refractivity contribution is -0.136. The van der Waals surface area contributed by atoms with Gasteiger partial charge < -0.3 is 19.9 Å². The summed E-state index contributed by atoms with van der Waals surface area (Å²) in [5.74, 6) is 1.43. The van der Waals surface area contributed by atoms with E-state index in [1.54, 1.807) is 6.20 Å². The molecule has 0 spiro atoms. The van der Waals surface area contributed by atoms with E-state index >= 15 is 0 Å². The van der Waals surface area contributed by atoms with Crippen LogP contribution in [-0.4, -0.2) is 45.9 Å². The maximum Gasteiger partial charge on any atom is 0.319 e. The van der Waals surface area contributed by atoms with Crippen molar-refractivity contribution in [3.8, 4) is 0 Å². The second-order valence-electron chi connectivity index (χ2n) is 8.74. The maximum atomic E-state index is 12.5. The fourth-order valence-electron chi connectivity index (χ4n) is 4.80. The molecule has 0 radical (unpaired) electrons. The highest BCUT2D eigenvalue weighted by molar-refractivity contribution is 5.89. The average molecular weight is 412 g/mol. The predicted molar refractivity (Wildman–Crippen MR) is 117 cm³/mol. The number of carbonyl (C=O) groups excluding carboxylic acids is 2. The first kappa shape index (κ1) is 20.7. The zero-order chi connectivity index (χ0) is 20.8. The minimum absolute atomic E-state index is 0.173. The summed E-state index contributed by atoms with van der Waals surface area (Å²) in [7, 11) is 0. The molecule has 2 aromatic heterocycles. The number of urea groups is 1. The number of hydrogen-bond donors (Lipinski definition) is 2. The van der Waals surface area contributed by atoms with Crippen molar-refractivity contribution in [2.45, 2.75) is 57.8 Å². The fraction of sp³-hybridized carbons (Fsp3) is 0.609. The molecule has 30 heavy (non-hydrogen) atoms. The Hall–Kier alpha value is -2.57. The monoisotopic (exact) mass is 411 g/mol. The first-order valence-electron chi connectivity index (χ1n) is 11.5. The highest BCUT2D eigenvalue weighted by Crippen LogP contribution is 2.29. The van der Waals surface area contributed by atoms with Crippen LogP contribution >= 0.6 is 0 Å². The van der Waals surface area contributed by atoms with E-state index in [0.717, 1.165) is 62.9 Å². The minimum atomic E-state index is -0.173. The van der Waals surface area contributed by atoms with Crippen LogP contribution in [0, 0.1) is 11.8 Å². The zero-order valence-corrected chi connectivity index (χ0v) is 17.7. The fourth-order valence-corrected chi connectivity index (χ4v) is 4.80. The van der Waals surface area contributed by atoms with Gasteiger partial charge in [0.05, 0.1) is 5.69 Å². The zero-order valence-electron chi connectivity index (χ0n) is 17.7. The Morgan fingerprint density at radius 2 is 1.87 bits per heavy atom. The Kier molecular flexibility index (Phi) is 6.87. The Bertz CT molecular complexity index is 850. The summed E-state index contributed by atoms with van der Waals surface area (Å²) in [6.07, 6.45) is 15.6. The van der Waals surface area contributed by atoms with E-state index < -0.39 is 0 Å². The van der Waals surface area contributed by atoms with E-state index in [0.29, 0.717) is 24.3 Å². The van der Waals surface area contributed by atoms with Crippen molar-refractivity contribution < 1.29 is 9.59 Å². The van der Waals surface area contributed by atoms with Gasteiger partial charge in [0.2, 0.25) is 5.91 Å². The first-order chi connectivity index (χ1) is 14.7. The van der Waals surface area contributed by atoms with Gasteiger partial charge in [0.15, 0.2) is 0 Å². The van der Waals surface area contributed by atoms with Gasteiger partial charge in [-0.25, -0.2) is 9.78 Å². The standard InChI is InChI=1S/C23H33N5O2/c29-22(19-6-1-2-7-19)27-14-10-18(11-15-27)5-3-4-12-25-23(30)26-20-8-9-21-24-13-16-28(21)17-20/h8-9,13,16-19H,1-7,10-12,14-15H2,(H2,25,26,30). The lowest BCUT2D eigenvalue weighted by Gasteiger charge is -2.33. The molecule has 3 heterocycles.